The van der Waals surface area contributed by atoms with Crippen molar-refractivity contribution in [3.05, 3.63) is 53.6 Å². The molecule has 0 aliphatic heterocycles. The summed E-state index contributed by atoms with van der Waals surface area (Å²) < 4.78 is 20.4. The standard InChI is InChI=1S/C18H18O6/c1-21-12-8-9-17(23-3)14(10-12)18(20)24-11-15(19)13-6-4-5-7-16(13)22-2/h4-10H,11H2,1-3H3. The molecule has 0 atom stereocenters. The van der Waals surface area contributed by atoms with Gasteiger partial charge in [0.15, 0.2) is 6.61 Å². The predicted octanol–water partition coefficient (Wildman–Crippen LogP) is 2.75. The first kappa shape index (κ1) is 17.3. The number of rotatable bonds is 7. The highest BCUT2D eigenvalue weighted by molar-refractivity contribution is 6.01. The van der Waals surface area contributed by atoms with Gasteiger partial charge in [-0.15, -0.1) is 0 Å². The van der Waals surface area contributed by atoms with E-state index >= 15 is 0 Å². The fourth-order valence-corrected chi connectivity index (χ4v) is 2.14. The maximum absolute atomic E-state index is 12.2. The van der Waals surface area contributed by atoms with Gasteiger partial charge in [0.2, 0.25) is 5.78 Å². The molecule has 2 rings (SSSR count). The van der Waals surface area contributed by atoms with Crippen LogP contribution < -0.4 is 14.2 Å². The van der Waals surface area contributed by atoms with E-state index in [9.17, 15) is 9.59 Å². The van der Waals surface area contributed by atoms with Crippen LogP contribution in [-0.4, -0.2) is 39.7 Å². The second-order valence-corrected chi connectivity index (χ2v) is 4.77. The van der Waals surface area contributed by atoms with Gasteiger partial charge >= 0.3 is 5.97 Å². The number of ketones is 1. The van der Waals surface area contributed by atoms with Crippen molar-refractivity contribution in [1.29, 1.82) is 0 Å². The van der Waals surface area contributed by atoms with Crippen LogP contribution >= 0.6 is 0 Å². The summed E-state index contributed by atoms with van der Waals surface area (Å²) >= 11 is 0. The molecule has 0 saturated heterocycles. The van der Waals surface area contributed by atoms with Crippen molar-refractivity contribution in [3.63, 3.8) is 0 Å². The molecule has 0 aromatic heterocycles. The molecule has 2 aromatic carbocycles. The molecule has 0 N–H and O–H groups in total. The number of carbonyl (C=O) groups excluding carboxylic acids is 2. The number of para-hydroxylation sites is 1. The zero-order valence-corrected chi connectivity index (χ0v) is 13.7. The maximum Gasteiger partial charge on any atom is 0.342 e. The molecule has 6 heteroatoms. The Morgan fingerprint density at radius 2 is 1.50 bits per heavy atom. The molecule has 0 bridgehead atoms. The van der Waals surface area contributed by atoms with Crippen LogP contribution in [0.2, 0.25) is 0 Å². The molecular formula is C18H18O6. The van der Waals surface area contributed by atoms with Gasteiger partial charge in [-0.3, -0.25) is 4.79 Å². The summed E-state index contributed by atoms with van der Waals surface area (Å²) in [4.78, 5) is 24.5. The molecule has 126 valence electrons. The second-order valence-electron chi connectivity index (χ2n) is 4.77. The number of Topliss-reactive ketones (excluding diaryl/α,β-unsaturated/α-hetero) is 1. The summed E-state index contributed by atoms with van der Waals surface area (Å²) in [5.41, 5.74) is 0.537. The molecule has 0 amide bonds. The summed E-state index contributed by atoms with van der Waals surface area (Å²) in [6.45, 7) is -0.403. The van der Waals surface area contributed by atoms with Gasteiger partial charge in [-0.25, -0.2) is 4.79 Å². The summed E-state index contributed by atoms with van der Waals surface area (Å²) in [5, 5.41) is 0. The van der Waals surface area contributed by atoms with Gasteiger partial charge in [-0.1, -0.05) is 12.1 Å². The first-order valence-corrected chi connectivity index (χ1v) is 7.16. The van der Waals surface area contributed by atoms with E-state index in [0.29, 0.717) is 22.8 Å². The minimum Gasteiger partial charge on any atom is -0.497 e. The number of carbonyl (C=O) groups is 2. The minimum atomic E-state index is -0.672. The van der Waals surface area contributed by atoms with Crippen molar-refractivity contribution in [1.82, 2.24) is 0 Å². The van der Waals surface area contributed by atoms with Gasteiger partial charge in [0.1, 0.15) is 22.8 Å². The Labute approximate surface area is 139 Å². The zero-order valence-electron chi connectivity index (χ0n) is 13.7. The Morgan fingerprint density at radius 1 is 0.833 bits per heavy atom. The van der Waals surface area contributed by atoms with E-state index < -0.39 is 12.6 Å². The van der Waals surface area contributed by atoms with Crippen molar-refractivity contribution >= 4 is 11.8 Å². The molecule has 0 spiro atoms. The Hall–Kier alpha value is -3.02. The van der Waals surface area contributed by atoms with Crippen LogP contribution in [0, 0.1) is 0 Å². The quantitative estimate of drug-likeness (QED) is 0.574. The SMILES string of the molecule is COc1ccc(OC)c(C(=O)OCC(=O)c2ccccc2OC)c1. The average molecular weight is 330 g/mol. The number of benzene rings is 2. The highest BCUT2D eigenvalue weighted by Gasteiger charge is 2.18. The van der Waals surface area contributed by atoms with E-state index in [1.54, 1.807) is 36.4 Å². The maximum atomic E-state index is 12.2. The van der Waals surface area contributed by atoms with E-state index in [2.05, 4.69) is 0 Å². The monoisotopic (exact) mass is 330 g/mol. The number of hydrogen-bond acceptors (Lipinski definition) is 6. The number of methoxy groups -OCH3 is 3. The fourth-order valence-electron chi connectivity index (χ4n) is 2.14. The highest BCUT2D eigenvalue weighted by Crippen LogP contribution is 2.25. The lowest BCUT2D eigenvalue weighted by Crippen LogP contribution is -2.15. The molecule has 0 radical (unpaired) electrons. The van der Waals surface area contributed by atoms with Crippen molar-refractivity contribution in [2.75, 3.05) is 27.9 Å². The third-order valence-corrected chi connectivity index (χ3v) is 3.37. The molecule has 2 aromatic rings. The summed E-state index contributed by atoms with van der Waals surface area (Å²) in [6, 6.07) is 11.5. The minimum absolute atomic E-state index is 0.185. The molecule has 0 heterocycles. The first-order valence-electron chi connectivity index (χ1n) is 7.16. The average Bonchev–Trinajstić information content (AvgIpc) is 2.65. The summed E-state index contributed by atoms with van der Waals surface area (Å²) in [7, 11) is 4.40. The third kappa shape index (κ3) is 3.84. The molecule has 0 fully saturated rings. The van der Waals surface area contributed by atoms with Crippen LogP contribution in [0.5, 0.6) is 17.2 Å². The summed E-state index contributed by atoms with van der Waals surface area (Å²) in [6.07, 6.45) is 0. The van der Waals surface area contributed by atoms with E-state index in [1.165, 1.54) is 27.4 Å². The largest absolute Gasteiger partial charge is 0.497 e. The highest BCUT2D eigenvalue weighted by atomic mass is 16.5. The number of ether oxygens (including phenoxy) is 4. The van der Waals surface area contributed by atoms with Gasteiger partial charge < -0.3 is 18.9 Å². The molecule has 0 saturated carbocycles. The third-order valence-electron chi connectivity index (χ3n) is 3.37. The van der Waals surface area contributed by atoms with E-state index in [1.807, 2.05) is 0 Å². The second kappa shape index (κ2) is 8.01. The van der Waals surface area contributed by atoms with Crippen LogP contribution in [0.15, 0.2) is 42.5 Å². The molecule has 24 heavy (non-hydrogen) atoms. The smallest absolute Gasteiger partial charge is 0.342 e. The fraction of sp³-hybridized carbons (Fsp3) is 0.222. The van der Waals surface area contributed by atoms with Crippen molar-refractivity contribution < 1.29 is 28.5 Å². The molecule has 0 aliphatic rings. The number of esters is 1. The van der Waals surface area contributed by atoms with Gasteiger partial charge in [0.25, 0.3) is 0 Å². The van der Waals surface area contributed by atoms with Crippen LogP contribution in [0.25, 0.3) is 0 Å². The van der Waals surface area contributed by atoms with Crippen molar-refractivity contribution in [2.45, 2.75) is 0 Å². The van der Waals surface area contributed by atoms with Crippen molar-refractivity contribution in [3.8, 4) is 17.2 Å². The van der Waals surface area contributed by atoms with Gasteiger partial charge in [-0.2, -0.15) is 0 Å². The molecule has 6 nitrogen and oxygen atoms in total. The topological polar surface area (TPSA) is 71.1 Å². The normalized spacial score (nSPS) is 9.96. The lowest BCUT2D eigenvalue weighted by Gasteiger charge is -2.11. The van der Waals surface area contributed by atoms with E-state index in [-0.39, 0.29) is 11.3 Å². The number of hydrogen-bond donors (Lipinski definition) is 0. The first-order chi connectivity index (χ1) is 11.6. The lowest BCUT2D eigenvalue weighted by molar-refractivity contribution is 0.0470. The van der Waals surface area contributed by atoms with Gasteiger partial charge in [0.05, 0.1) is 26.9 Å². The Morgan fingerprint density at radius 3 is 2.17 bits per heavy atom. The van der Waals surface area contributed by atoms with Crippen LogP contribution in [0.1, 0.15) is 20.7 Å². The Balaban J connectivity index is 2.12. The Kier molecular flexibility index (Phi) is 5.78. The lowest BCUT2D eigenvalue weighted by atomic mass is 10.1. The molecule has 0 aliphatic carbocycles. The Bertz CT molecular complexity index is 738. The predicted molar refractivity (Wildman–Crippen MR) is 87.2 cm³/mol. The van der Waals surface area contributed by atoms with Crippen LogP contribution in [0.4, 0.5) is 0 Å². The van der Waals surface area contributed by atoms with Gasteiger partial charge in [0, 0.05) is 0 Å². The van der Waals surface area contributed by atoms with Crippen molar-refractivity contribution in [2.24, 2.45) is 0 Å². The van der Waals surface area contributed by atoms with Gasteiger partial charge in [-0.05, 0) is 30.3 Å². The summed E-state index contributed by atoms with van der Waals surface area (Å²) in [5.74, 6) is 0.221. The van der Waals surface area contributed by atoms with E-state index in [4.69, 9.17) is 18.9 Å². The van der Waals surface area contributed by atoms with Crippen LogP contribution in [0.3, 0.4) is 0 Å². The molecule has 0 unspecified atom stereocenters. The van der Waals surface area contributed by atoms with Crippen LogP contribution in [-0.2, 0) is 4.74 Å². The zero-order chi connectivity index (χ0) is 17.5. The molecular weight excluding hydrogens is 312 g/mol. The van der Waals surface area contributed by atoms with E-state index in [0.717, 1.165) is 0 Å².